The second-order valence-corrected chi connectivity index (χ2v) is 4.27. The van der Waals surface area contributed by atoms with Crippen molar-refractivity contribution < 1.29 is 4.79 Å². The highest BCUT2D eigenvalue weighted by Crippen LogP contribution is 2.15. The van der Waals surface area contributed by atoms with Crippen LogP contribution in [0.25, 0.3) is 23.2 Å². The zero-order chi connectivity index (χ0) is 13.8. The van der Waals surface area contributed by atoms with Crippen LogP contribution in [0, 0.1) is 0 Å². The number of H-pyrrole nitrogens is 1. The van der Waals surface area contributed by atoms with Gasteiger partial charge in [-0.15, -0.1) is 0 Å². The number of nitrogens with one attached hydrogen (secondary N) is 1. The van der Waals surface area contributed by atoms with Gasteiger partial charge in [0.25, 0.3) is 0 Å². The molecule has 20 heavy (non-hydrogen) atoms. The van der Waals surface area contributed by atoms with Crippen LogP contribution in [-0.2, 0) is 4.79 Å². The molecule has 1 N–H and O–H groups in total. The molecule has 0 saturated heterocycles. The summed E-state index contributed by atoms with van der Waals surface area (Å²) in [6.45, 7) is 0. The number of carbonyl (C=O) groups excluding carboxylic acids is 1. The molecule has 0 bridgehead atoms. The van der Waals surface area contributed by atoms with E-state index in [-0.39, 0.29) is 0 Å². The van der Waals surface area contributed by atoms with E-state index in [2.05, 4.69) is 15.0 Å². The second-order valence-electron chi connectivity index (χ2n) is 4.27. The number of hydrogen-bond acceptors (Lipinski definition) is 3. The molecule has 1 heterocycles. The molecule has 3 rings (SSSR count). The van der Waals surface area contributed by atoms with Gasteiger partial charge in [0.05, 0.1) is 16.7 Å². The maximum atomic E-state index is 10.1. The number of aromatic nitrogens is 2. The van der Waals surface area contributed by atoms with E-state index in [0.29, 0.717) is 5.69 Å². The van der Waals surface area contributed by atoms with Crippen molar-refractivity contribution in [3.05, 3.63) is 59.9 Å². The second kappa shape index (κ2) is 5.34. The first kappa shape index (κ1) is 12.1. The van der Waals surface area contributed by atoms with Crippen LogP contribution in [0.1, 0.15) is 11.4 Å². The van der Waals surface area contributed by atoms with E-state index in [0.717, 1.165) is 22.4 Å². The molecule has 0 saturated carbocycles. The van der Waals surface area contributed by atoms with Crippen LogP contribution in [-0.4, -0.2) is 16.0 Å². The van der Waals surface area contributed by atoms with Crippen LogP contribution in [0.4, 0.5) is 5.69 Å². The Balaban J connectivity index is 1.84. The molecule has 1 aromatic heterocycles. The lowest BCUT2D eigenvalue weighted by Gasteiger charge is -1.93. The Kier molecular flexibility index (Phi) is 3.23. The summed E-state index contributed by atoms with van der Waals surface area (Å²) in [5.74, 6) is 0.807. The van der Waals surface area contributed by atoms with Gasteiger partial charge in [0, 0.05) is 0 Å². The summed E-state index contributed by atoms with van der Waals surface area (Å²) in [6.07, 6.45) is 5.38. The quantitative estimate of drug-likeness (QED) is 0.577. The number of rotatable bonds is 3. The summed E-state index contributed by atoms with van der Waals surface area (Å²) in [5, 5.41) is 0. The predicted molar refractivity (Wildman–Crippen MR) is 79.2 cm³/mol. The lowest BCUT2D eigenvalue weighted by Crippen LogP contribution is -1.74. The van der Waals surface area contributed by atoms with Crippen molar-refractivity contribution in [3.8, 4) is 0 Å². The number of para-hydroxylation sites is 2. The average Bonchev–Trinajstić information content (AvgIpc) is 2.90. The van der Waals surface area contributed by atoms with Crippen LogP contribution in [0.2, 0.25) is 0 Å². The van der Waals surface area contributed by atoms with E-state index in [1.54, 1.807) is 12.1 Å². The Hall–Kier alpha value is -2.97. The van der Waals surface area contributed by atoms with Crippen LogP contribution in [0.3, 0.4) is 0 Å². The number of isocyanates is 1. The smallest absolute Gasteiger partial charge is 0.240 e. The number of imidazole rings is 1. The number of fused-ring (bicyclic) bond motifs is 1. The molecule has 3 aromatic rings. The molecule has 0 unspecified atom stereocenters. The standard InChI is InChI=1S/C16H11N3O/c20-11-17-13-8-5-12(6-9-13)7-10-16-18-14-3-1-2-4-15(14)19-16/h1-10H,(H,18,19). The number of aliphatic imine (C=N–C) groups is 1. The van der Waals surface area contributed by atoms with E-state index in [4.69, 9.17) is 0 Å². The Bertz CT molecular complexity index is 776. The molecule has 0 aliphatic rings. The molecular formula is C16H11N3O. The first-order chi connectivity index (χ1) is 9.85. The molecule has 0 spiro atoms. The highest BCUT2D eigenvalue weighted by Gasteiger charge is 1.97. The molecule has 2 aromatic carbocycles. The first-order valence-corrected chi connectivity index (χ1v) is 6.16. The monoisotopic (exact) mass is 261 g/mol. The van der Waals surface area contributed by atoms with Crippen molar-refractivity contribution >= 4 is 35.0 Å². The summed E-state index contributed by atoms with van der Waals surface area (Å²) in [5.41, 5.74) is 3.57. The molecule has 96 valence electrons. The van der Waals surface area contributed by atoms with Crippen molar-refractivity contribution in [2.75, 3.05) is 0 Å². The van der Waals surface area contributed by atoms with Gasteiger partial charge in [-0.05, 0) is 35.9 Å². The average molecular weight is 261 g/mol. The summed E-state index contributed by atoms with van der Waals surface area (Å²) < 4.78 is 0. The molecular weight excluding hydrogens is 250 g/mol. The normalized spacial score (nSPS) is 10.8. The van der Waals surface area contributed by atoms with Crippen molar-refractivity contribution in [2.24, 2.45) is 4.99 Å². The molecule has 0 atom stereocenters. The minimum Gasteiger partial charge on any atom is -0.338 e. The largest absolute Gasteiger partial charge is 0.338 e. The molecule has 0 aliphatic heterocycles. The van der Waals surface area contributed by atoms with Crippen LogP contribution >= 0.6 is 0 Å². The highest BCUT2D eigenvalue weighted by molar-refractivity contribution is 5.78. The molecule has 4 heteroatoms. The van der Waals surface area contributed by atoms with Crippen LogP contribution < -0.4 is 0 Å². The van der Waals surface area contributed by atoms with Gasteiger partial charge in [0.15, 0.2) is 0 Å². The van der Waals surface area contributed by atoms with E-state index in [9.17, 15) is 4.79 Å². The summed E-state index contributed by atoms with van der Waals surface area (Å²) in [6, 6.07) is 15.2. The van der Waals surface area contributed by atoms with Crippen molar-refractivity contribution in [2.45, 2.75) is 0 Å². The van der Waals surface area contributed by atoms with Gasteiger partial charge in [-0.1, -0.05) is 30.3 Å². The van der Waals surface area contributed by atoms with Gasteiger partial charge in [-0.3, -0.25) is 0 Å². The molecule has 0 amide bonds. The minimum absolute atomic E-state index is 0.598. The van der Waals surface area contributed by atoms with Crippen LogP contribution in [0.5, 0.6) is 0 Å². The number of hydrogen-bond donors (Lipinski definition) is 1. The SMILES string of the molecule is O=C=Nc1ccc(C=Cc2nc3ccccc3[nH]2)cc1. The molecule has 0 radical (unpaired) electrons. The number of aromatic amines is 1. The third kappa shape index (κ3) is 2.55. The lowest BCUT2D eigenvalue weighted by molar-refractivity contribution is 0.565. The maximum absolute atomic E-state index is 10.1. The highest BCUT2D eigenvalue weighted by atomic mass is 16.1. The van der Waals surface area contributed by atoms with Gasteiger partial charge in [0.1, 0.15) is 5.82 Å². The van der Waals surface area contributed by atoms with Gasteiger partial charge in [-0.2, -0.15) is 4.99 Å². The molecule has 0 fully saturated rings. The van der Waals surface area contributed by atoms with Gasteiger partial charge in [0.2, 0.25) is 6.08 Å². The number of benzene rings is 2. The van der Waals surface area contributed by atoms with Gasteiger partial charge in [-0.25, -0.2) is 9.78 Å². The fourth-order valence-corrected chi connectivity index (χ4v) is 1.94. The summed E-state index contributed by atoms with van der Waals surface area (Å²) in [7, 11) is 0. The van der Waals surface area contributed by atoms with E-state index in [1.165, 1.54) is 6.08 Å². The first-order valence-electron chi connectivity index (χ1n) is 6.16. The third-order valence-electron chi connectivity index (χ3n) is 2.91. The third-order valence-corrected chi connectivity index (χ3v) is 2.91. The molecule has 0 aliphatic carbocycles. The minimum atomic E-state index is 0.598. The Labute approximate surface area is 115 Å². The van der Waals surface area contributed by atoms with E-state index < -0.39 is 0 Å². The Morgan fingerprint density at radius 2 is 1.85 bits per heavy atom. The Morgan fingerprint density at radius 3 is 2.60 bits per heavy atom. The van der Waals surface area contributed by atoms with Crippen LogP contribution in [0.15, 0.2) is 53.5 Å². The van der Waals surface area contributed by atoms with Crippen molar-refractivity contribution in [1.82, 2.24) is 9.97 Å². The topological polar surface area (TPSA) is 58.1 Å². The predicted octanol–water partition coefficient (Wildman–Crippen LogP) is 3.70. The lowest BCUT2D eigenvalue weighted by atomic mass is 10.2. The van der Waals surface area contributed by atoms with E-state index >= 15 is 0 Å². The van der Waals surface area contributed by atoms with Crippen molar-refractivity contribution in [3.63, 3.8) is 0 Å². The number of nitrogens with zero attached hydrogens (tertiary/aromatic N) is 2. The molecule has 4 nitrogen and oxygen atoms in total. The fourth-order valence-electron chi connectivity index (χ4n) is 1.94. The van der Waals surface area contributed by atoms with Gasteiger partial charge < -0.3 is 4.98 Å². The zero-order valence-corrected chi connectivity index (χ0v) is 10.6. The fraction of sp³-hybridized carbons (Fsp3) is 0. The zero-order valence-electron chi connectivity index (χ0n) is 10.6. The maximum Gasteiger partial charge on any atom is 0.240 e. The van der Waals surface area contributed by atoms with Crippen molar-refractivity contribution in [1.29, 1.82) is 0 Å². The summed E-state index contributed by atoms with van der Waals surface area (Å²) in [4.78, 5) is 21.4. The van der Waals surface area contributed by atoms with Gasteiger partial charge >= 0.3 is 0 Å². The Morgan fingerprint density at radius 1 is 1.05 bits per heavy atom. The van der Waals surface area contributed by atoms with E-state index in [1.807, 2.05) is 48.6 Å². The summed E-state index contributed by atoms with van der Waals surface area (Å²) >= 11 is 0.